The van der Waals surface area contributed by atoms with Crippen LogP contribution in [0.25, 0.3) is 0 Å². The van der Waals surface area contributed by atoms with E-state index in [0.717, 1.165) is 11.1 Å². The number of carbonyl (C=O) groups is 1. The van der Waals surface area contributed by atoms with Crippen molar-refractivity contribution in [2.45, 2.75) is 59.3 Å². The highest BCUT2D eigenvalue weighted by atomic mass is 16.5. The number of carbonyl (C=O) groups excluding carboxylic acids is 1. The van der Waals surface area contributed by atoms with Gasteiger partial charge in [-0.15, -0.1) is 0 Å². The Morgan fingerprint density at radius 3 is 1.91 bits per heavy atom. The first kappa shape index (κ1) is 18.5. The summed E-state index contributed by atoms with van der Waals surface area (Å²) in [6.45, 7) is 15.0. The van der Waals surface area contributed by atoms with Crippen LogP contribution in [0, 0.1) is 0 Å². The van der Waals surface area contributed by atoms with Crippen LogP contribution in [-0.2, 0) is 15.6 Å². The second-order valence-corrected chi connectivity index (χ2v) is 7.62. The third-order valence-corrected chi connectivity index (χ3v) is 3.45. The van der Waals surface area contributed by atoms with Gasteiger partial charge in [-0.2, -0.15) is 0 Å². The van der Waals surface area contributed by atoms with E-state index in [1.54, 1.807) is 12.1 Å². The van der Waals surface area contributed by atoms with Gasteiger partial charge in [0.2, 0.25) is 0 Å². The number of ether oxygens (including phenoxy) is 1. The summed E-state index contributed by atoms with van der Waals surface area (Å²) in [5.41, 5.74) is 1.08. The average Bonchev–Trinajstić information content (AvgIpc) is 2.35. The monoisotopic (exact) mass is 307 g/mol. The summed E-state index contributed by atoms with van der Waals surface area (Å²) in [6, 6.07) is 3.52. The number of benzene rings is 1. The highest BCUT2D eigenvalue weighted by Gasteiger charge is 2.27. The fourth-order valence-electron chi connectivity index (χ4n) is 2.20. The molecule has 1 aromatic rings. The van der Waals surface area contributed by atoms with E-state index in [1.807, 2.05) is 48.5 Å². The highest BCUT2D eigenvalue weighted by molar-refractivity contribution is 5.74. The number of hydrogen-bond acceptors (Lipinski definition) is 4. The summed E-state index contributed by atoms with van der Waals surface area (Å²) in [4.78, 5) is 11.8. The summed E-state index contributed by atoms with van der Waals surface area (Å²) in [5, 5.41) is 13.6. The Bertz CT molecular complexity index is 501. The summed E-state index contributed by atoms with van der Waals surface area (Å²) >= 11 is 0. The fraction of sp³-hybridized carbons (Fsp3) is 0.611. The largest absolute Gasteiger partial charge is 0.507 e. The highest BCUT2D eigenvalue weighted by Crippen LogP contribution is 2.41. The number of aromatic hydroxyl groups is 1. The van der Waals surface area contributed by atoms with E-state index in [1.165, 1.54) is 0 Å². The zero-order valence-corrected chi connectivity index (χ0v) is 14.8. The molecule has 1 rings (SSSR count). The lowest BCUT2D eigenvalue weighted by molar-refractivity contribution is -0.133. The molecule has 0 saturated heterocycles. The average molecular weight is 307 g/mol. The number of likely N-dealkylation sites (N-methyl/N-ethyl adjacent to an activating group) is 1. The van der Waals surface area contributed by atoms with Crippen molar-refractivity contribution in [2.24, 2.45) is 0 Å². The molecule has 2 N–H and O–H groups in total. The topological polar surface area (TPSA) is 58.6 Å². The van der Waals surface area contributed by atoms with Gasteiger partial charge < -0.3 is 15.2 Å². The zero-order chi connectivity index (χ0) is 17.1. The quantitative estimate of drug-likeness (QED) is 0.660. The van der Waals surface area contributed by atoms with Crippen LogP contribution in [0.3, 0.4) is 0 Å². The molecule has 0 atom stereocenters. The third-order valence-electron chi connectivity index (χ3n) is 3.45. The van der Waals surface area contributed by atoms with Crippen LogP contribution >= 0.6 is 0 Å². The van der Waals surface area contributed by atoms with Gasteiger partial charge in [-0.1, -0.05) is 48.5 Å². The Morgan fingerprint density at radius 1 is 1.09 bits per heavy atom. The first-order valence-electron chi connectivity index (χ1n) is 7.76. The normalized spacial score (nSPS) is 12.3. The molecule has 0 unspecified atom stereocenters. The van der Waals surface area contributed by atoms with Gasteiger partial charge in [0.25, 0.3) is 0 Å². The SMILES string of the molecule is CCNCC(=O)Oc1cc(C(C)(C)C)c(O)c(C(C)(C)C)c1. The number of esters is 1. The van der Waals surface area contributed by atoms with Crippen molar-refractivity contribution in [3.05, 3.63) is 23.3 Å². The maximum atomic E-state index is 11.8. The van der Waals surface area contributed by atoms with Gasteiger partial charge >= 0.3 is 5.97 Å². The minimum atomic E-state index is -0.327. The van der Waals surface area contributed by atoms with Crippen molar-refractivity contribution in [1.29, 1.82) is 0 Å². The number of hydrogen-bond donors (Lipinski definition) is 2. The van der Waals surface area contributed by atoms with E-state index < -0.39 is 0 Å². The molecule has 1 aromatic carbocycles. The van der Waals surface area contributed by atoms with Crippen LogP contribution in [0.4, 0.5) is 0 Å². The van der Waals surface area contributed by atoms with Crippen molar-refractivity contribution < 1.29 is 14.6 Å². The van der Waals surface area contributed by atoms with E-state index in [9.17, 15) is 9.90 Å². The predicted molar refractivity (Wildman–Crippen MR) is 89.7 cm³/mol. The van der Waals surface area contributed by atoms with E-state index in [-0.39, 0.29) is 29.1 Å². The summed E-state index contributed by atoms with van der Waals surface area (Å²) in [7, 11) is 0. The molecule has 124 valence electrons. The van der Waals surface area contributed by atoms with Crippen molar-refractivity contribution >= 4 is 5.97 Å². The Morgan fingerprint density at radius 2 is 1.55 bits per heavy atom. The van der Waals surface area contributed by atoms with Crippen LogP contribution in [0.1, 0.15) is 59.6 Å². The second-order valence-electron chi connectivity index (χ2n) is 7.62. The Balaban J connectivity index is 3.27. The molecule has 0 radical (unpaired) electrons. The number of rotatable bonds is 4. The van der Waals surface area contributed by atoms with Gasteiger partial charge in [-0.3, -0.25) is 4.79 Å². The van der Waals surface area contributed by atoms with Crippen LogP contribution in [-0.4, -0.2) is 24.2 Å². The predicted octanol–water partition coefficient (Wildman–Crippen LogP) is 3.50. The molecule has 0 saturated carbocycles. The molecule has 4 heteroatoms. The van der Waals surface area contributed by atoms with Crippen LogP contribution in [0.5, 0.6) is 11.5 Å². The summed E-state index contributed by atoms with van der Waals surface area (Å²) < 4.78 is 5.43. The molecule has 0 spiro atoms. The van der Waals surface area contributed by atoms with Crippen molar-refractivity contribution in [3.63, 3.8) is 0 Å². The van der Waals surface area contributed by atoms with Gasteiger partial charge in [0.15, 0.2) is 0 Å². The standard InChI is InChI=1S/C18H29NO3/c1-8-19-11-15(20)22-12-9-13(17(2,3)4)16(21)14(10-12)18(5,6)7/h9-10,19,21H,8,11H2,1-7H3. The molecule has 22 heavy (non-hydrogen) atoms. The minimum absolute atomic E-state index is 0.174. The molecule has 0 fully saturated rings. The van der Waals surface area contributed by atoms with Crippen LogP contribution < -0.4 is 10.1 Å². The van der Waals surface area contributed by atoms with Gasteiger partial charge in [0.05, 0.1) is 6.54 Å². The Kier molecular flexibility index (Phi) is 5.63. The van der Waals surface area contributed by atoms with Gasteiger partial charge in [0.1, 0.15) is 11.5 Å². The molecule has 0 aliphatic carbocycles. The number of phenolic OH excluding ortho intramolecular Hbond substituents is 1. The first-order chi connectivity index (χ1) is 9.96. The molecule has 0 aliphatic heterocycles. The number of nitrogens with one attached hydrogen (secondary N) is 1. The van der Waals surface area contributed by atoms with Crippen molar-refractivity contribution in [3.8, 4) is 11.5 Å². The molecule has 4 nitrogen and oxygen atoms in total. The Hall–Kier alpha value is -1.55. The first-order valence-corrected chi connectivity index (χ1v) is 7.76. The smallest absolute Gasteiger partial charge is 0.325 e. The van der Waals surface area contributed by atoms with E-state index >= 15 is 0 Å². The molecule has 0 aliphatic rings. The second kappa shape index (κ2) is 6.69. The molecular formula is C18H29NO3. The molecule has 0 aromatic heterocycles. The molecule has 0 amide bonds. The van der Waals surface area contributed by atoms with Crippen LogP contribution in [0.2, 0.25) is 0 Å². The molecular weight excluding hydrogens is 278 g/mol. The Labute approximate surface area is 133 Å². The van der Waals surface area contributed by atoms with E-state index in [2.05, 4.69) is 5.32 Å². The minimum Gasteiger partial charge on any atom is -0.507 e. The van der Waals surface area contributed by atoms with E-state index in [4.69, 9.17) is 4.74 Å². The molecule has 0 heterocycles. The zero-order valence-electron chi connectivity index (χ0n) is 14.8. The molecule has 0 bridgehead atoms. The van der Waals surface area contributed by atoms with E-state index in [0.29, 0.717) is 12.3 Å². The van der Waals surface area contributed by atoms with Gasteiger partial charge in [-0.05, 0) is 29.5 Å². The third kappa shape index (κ3) is 4.73. The lowest BCUT2D eigenvalue weighted by Crippen LogP contribution is -2.26. The maximum Gasteiger partial charge on any atom is 0.325 e. The van der Waals surface area contributed by atoms with Crippen LogP contribution in [0.15, 0.2) is 12.1 Å². The number of phenols is 1. The van der Waals surface area contributed by atoms with Crippen molar-refractivity contribution in [2.75, 3.05) is 13.1 Å². The summed E-state index contributed by atoms with van der Waals surface area (Å²) in [6.07, 6.45) is 0. The van der Waals surface area contributed by atoms with Gasteiger partial charge in [0, 0.05) is 11.1 Å². The fourth-order valence-corrected chi connectivity index (χ4v) is 2.20. The van der Waals surface area contributed by atoms with Crippen molar-refractivity contribution in [1.82, 2.24) is 5.32 Å². The lowest BCUT2D eigenvalue weighted by atomic mass is 9.79. The lowest BCUT2D eigenvalue weighted by Gasteiger charge is -2.27. The summed E-state index contributed by atoms with van der Waals surface area (Å²) in [5.74, 6) is 0.439. The maximum absolute atomic E-state index is 11.8. The van der Waals surface area contributed by atoms with Gasteiger partial charge in [-0.25, -0.2) is 0 Å².